The molecule has 8 rings (SSSR count). The van der Waals surface area contributed by atoms with E-state index in [2.05, 4.69) is 0 Å². The van der Waals surface area contributed by atoms with E-state index in [0.29, 0.717) is 39.7 Å². The molecule has 0 atom stereocenters. The van der Waals surface area contributed by atoms with Gasteiger partial charge in [0.05, 0.1) is 17.1 Å². The van der Waals surface area contributed by atoms with Crippen LogP contribution in [0.25, 0.3) is 43.6 Å². The summed E-state index contributed by atoms with van der Waals surface area (Å²) in [5.74, 6) is -0.759. The summed E-state index contributed by atoms with van der Waals surface area (Å²) < 4.78 is 59.1. The third-order valence-corrected chi connectivity index (χ3v) is 8.57. The molecule has 7 aromatic rings. The van der Waals surface area contributed by atoms with Crippen molar-refractivity contribution in [2.24, 2.45) is 4.99 Å². The van der Waals surface area contributed by atoms with Crippen molar-refractivity contribution in [3.63, 3.8) is 0 Å². The number of hydrogen-bond donors (Lipinski definition) is 0. The van der Waals surface area contributed by atoms with Crippen LogP contribution < -0.4 is 0 Å². The number of fused-ring (bicyclic) bond motifs is 6. The molecule has 1 aromatic heterocycles. The van der Waals surface area contributed by atoms with Crippen molar-refractivity contribution in [1.29, 1.82) is 0 Å². The van der Waals surface area contributed by atoms with Gasteiger partial charge in [-0.2, -0.15) is 0 Å². The molecule has 216 valence electrons. The summed E-state index contributed by atoms with van der Waals surface area (Å²) in [6.07, 6.45) is 1.91. The molecule has 0 bridgehead atoms. The van der Waals surface area contributed by atoms with Crippen molar-refractivity contribution in [2.45, 2.75) is 6.42 Å². The van der Waals surface area contributed by atoms with Gasteiger partial charge >= 0.3 is 7.40 Å². The Morgan fingerprint density at radius 3 is 1.96 bits per heavy atom. The minimum absolute atomic E-state index is 0.304. The van der Waals surface area contributed by atoms with E-state index < -0.39 is 13.2 Å². The maximum Gasteiger partial charge on any atom is 0.677 e. The van der Waals surface area contributed by atoms with Crippen molar-refractivity contribution in [2.75, 3.05) is 0 Å². The molecule has 0 radical (unpaired) electrons. The Hall–Kier alpha value is -5.43. The van der Waals surface area contributed by atoms with Crippen LogP contribution in [-0.4, -0.2) is 17.6 Å². The SMILES string of the molecule is FB(F)n1cc2c(ccc3ccccc32)c1/C(=C1\N=C(Cc2ccc(F)cc2)c2c1ccc1ccccc21)c1ccc(F)cc1. The van der Waals surface area contributed by atoms with E-state index in [1.165, 1.54) is 30.5 Å². The lowest BCUT2D eigenvalue weighted by Crippen LogP contribution is -2.15. The maximum absolute atomic E-state index is 15.0. The fourth-order valence-electron chi connectivity index (χ4n) is 6.55. The average Bonchev–Trinajstić information content (AvgIpc) is 3.63. The van der Waals surface area contributed by atoms with E-state index in [1.807, 2.05) is 72.8 Å². The normalized spacial score (nSPS) is 13.8. The Morgan fingerprint density at radius 2 is 1.24 bits per heavy atom. The van der Waals surface area contributed by atoms with Crippen LogP contribution in [0, 0.1) is 11.6 Å². The van der Waals surface area contributed by atoms with Crippen LogP contribution in [0.3, 0.4) is 0 Å². The molecular formula is C38H23BF4N2. The average molecular weight is 594 g/mol. The monoisotopic (exact) mass is 594 g/mol. The Balaban J connectivity index is 1.49. The Morgan fingerprint density at radius 1 is 0.622 bits per heavy atom. The highest BCUT2D eigenvalue weighted by Gasteiger charge is 2.32. The van der Waals surface area contributed by atoms with Crippen LogP contribution in [0.5, 0.6) is 0 Å². The summed E-state index contributed by atoms with van der Waals surface area (Å²) in [5, 5.41) is 5.12. The maximum atomic E-state index is 15.0. The smallest absolute Gasteiger partial charge is 0.331 e. The standard InChI is InChI=1S/C38H23BF4N2/c40-27-15-9-23(10-16-27)21-34-36-30-8-4-2-6-25(30)14-20-32(36)37(44-34)35(26-11-17-28(41)18-12-26)38-31-19-13-24-5-1-3-7-29(24)33(31)22-45(38)39(42)43/h1-20,22H,21H2/b37-35-. The van der Waals surface area contributed by atoms with Gasteiger partial charge in [0, 0.05) is 40.1 Å². The van der Waals surface area contributed by atoms with Gasteiger partial charge in [-0.1, -0.05) is 97.1 Å². The van der Waals surface area contributed by atoms with Crippen molar-refractivity contribution in [3.05, 3.63) is 167 Å². The molecule has 1 aliphatic rings. The third kappa shape index (κ3) is 4.54. The first-order chi connectivity index (χ1) is 22.0. The first-order valence-corrected chi connectivity index (χ1v) is 14.6. The zero-order chi connectivity index (χ0) is 30.7. The second kappa shape index (κ2) is 10.6. The van der Waals surface area contributed by atoms with E-state index >= 15 is 8.63 Å². The Bertz CT molecular complexity index is 2340. The quantitative estimate of drug-likeness (QED) is 0.139. The van der Waals surface area contributed by atoms with Crippen LogP contribution in [0.4, 0.5) is 17.4 Å². The van der Waals surface area contributed by atoms with Gasteiger partial charge in [0.2, 0.25) is 0 Å². The summed E-state index contributed by atoms with van der Waals surface area (Å²) >= 11 is 0. The minimum atomic E-state index is -2.85. The largest absolute Gasteiger partial charge is 0.677 e. The molecule has 0 N–H and O–H groups in total. The fourth-order valence-corrected chi connectivity index (χ4v) is 6.55. The summed E-state index contributed by atoms with van der Waals surface area (Å²) in [5.41, 5.74) is 5.17. The molecule has 0 saturated heterocycles. The Labute approximate surface area is 256 Å². The molecule has 6 aromatic carbocycles. The van der Waals surface area contributed by atoms with Crippen molar-refractivity contribution in [3.8, 4) is 0 Å². The lowest BCUT2D eigenvalue weighted by Gasteiger charge is -2.16. The number of benzene rings is 6. The van der Waals surface area contributed by atoms with Gasteiger partial charge in [0.1, 0.15) is 11.6 Å². The van der Waals surface area contributed by atoms with E-state index in [4.69, 9.17) is 4.99 Å². The number of halogens is 4. The van der Waals surface area contributed by atoms with Crippen molar-refractivity contribution in [1.82, 2.24) is 4.48 Å². The molecular weight excluding hydrogens is 571 g/mol. The third-order valence-electron chi connectivity index (χ3n) is 8.57. The predicted octanol–water partition coefficient (Wildman–Crippen LogP) is 9.96. The van der Waals surface area contributed by atoms with Crippen molar-refractivity contribution >= 4 is 56.7 Å². The zero-order valence-electron chi connectivity index (χ0n) is 23.8. The second-order valence-electron chi connectivity index (χ2n) is 11.2. The summed E-state index contributed by atoms with van der Waals surface area (Å²) in [7, 11) is -2.85. The molecule has 0 spiro atoms. The topological polar surface area (TPSA) is 17.3 Å². The molecule has 0 aliphatic carbocycles. The van der Waals surface area contributed by atoms with E-state index in [1.54, 1.807) is 24.3 Å². The lowest BCUT2D eigenvalue weighted by atomic mass is 9.90. The highest BCUT2D eigenvalue weighted by molar-refractivity contribution is 6.42. The van der Waals surface area contributed by atoms with Gasteiger partial charge < -0.3 is 4.48 Å². The molecule has 0 amide bonds. The van der Waals surface area contributed by atoms with Crippen LogP contribution in [0.2, 0.25) is 0 Å². The summed E-state index contributed by atoms with van der Waals surface area (Å²) in [6.45, 7) is 0. The Kier molecular flexibility index (Phi) is 6.41. The molecule has 0 fully saturated rings. The van der Waals surface area contributed by atoms with Gasteiger partial charge in [-0.25, -0.2) is 8.78 Å². The fraction of sp³-hybridized carbons (Fsp3) is 0.0263. The highest BCUT2D eigenvalue weighted by Crippen LogP contribution is 2.44. The van der Waals surface area contributed by atoms with Crippen LogP contribution in [0.15, 0.2) is 133 Å². The van der Waals surface area contributed by atoms with Gasteiger partial charge in [-0.05, 0) is 56.9 Å². The molecule has 7 heteroatoms. The van der Waals surface area contributed by atoms with Gasteiger partial charge in [0.25, 0.3) is 0 Å². The molecule has 0 unspecified atom stereocenters. The molecule has 2 nitrogen and oxygen atoms in total. The lowest BCUT2D eigenvalue weighted by molar-refractivity contribution is 0.626. The number of rotatable bonds is 5. The summed E-state index contributed by atoms with van der Waals surface area (Å²) in [6, 6.07) is 35.6. The second-order valence-corrected chi connectivity index (χ2v) is 11.2. The molecule has 2 heterocycles. The van der Waals surface area contributed by atoms with Crippen molar-refractivity contribution < 1.29 is 17.4 Å². The van der Waals surface area contributed by atoms with Gasteiger partial charge in [-0.15, -0.1) is 0 Å². The van der Waals surface area contributed by atoms with Gasteiger partial charge in [0.15, 0.2) is 0 Å². The number of nitrogens with zero attached hydrogens (tertiary/aromatic N) is 2. The predicted molar refractivity (Wildman–Crippen MR) is 176 cm³/mol. The number of aromatic nitrogens is 1. The summed E-state index contributed by atoms with van der Waals surface area (Å²) in [4.78, 5) is 5.20. The van der Waals surface area contributed by atoms with Crippen LogP contribution in [-0.2, 0) is 6.42 Å². The molecule has 0 saturated carbocycles. The number of aliphatic imine (C=N–C) groups is 1. The van der Waals surface area contributed by atoms with Crippen LogP contribution >= 0.6 is 0 Å². The van der Waals surface area contributed by atoms with E-state index in [0.717, 1.165) is 48.4 Å². The molecule has 1 aliphatic heterocycles. The first-order valence-electron chi connectivity index (χ1n) is 14.6. The van der Waals surface area contributed by atoms with E-state index in [-0.39, 0.29) is 5.82 Å². The molecule has 45 heavy (non-hydrogen) atoms. The van der Waals surface area contributed by atoms with E-state index in [9.17, 15) is 8.78 Å². The first kappa shape index (κ1) is 27.1. The highest BCUT2D eigenvalue weighted by atomic mass is 19.2. The number of hydrogen-bond acceptors (Lipinski definition) is 1. The van der Waals surface area contributed by atoms with Crippen LogP contribution in [0.1, 0.15) is 27.9 Å². The zero-order valence-corrected chi connectivity index (χ0v) is 23.8. The minimum Gasteiger partial charge on any atom is -0.331 e. The van der Waals surface area contributed by atoms with Gasteiger partial charge in [-0.3, -0.25) is 13.6 Å².